The second-order valence-electron chi connectivity index (χ2n) is 5.37. The van der Waals surface area contributed by atoms with Gasteiger partial charge in [0.25, 0.3) is 0 Å². The van der Waals surface area contributed by atoms with E-state index in [9.17, 15) is 0 Å². The molecule has 0 aliphatic carbocycles. The Morgan fingerprint density at radius 3 is 2.32 bits per heavy atom. The Kier molecular flexibility index (Phi) is 5.50. The molecule has 0 saturated carbocycles. The van der Waals surface area contributed by atoms with Crippen molar-refractivity contribution in [3.05, 3.63) is 64.9 Å². The van der Waals surface area contributed by atoms with Gasteiger partial charge < -0.3 is 15.4 Å². The molecule has 2 aromatic carbocycles. The first-order chi connectivity index (χ1) is 12.1. The lowest BCUT2D eigenvalue weighted by Crippen LogP contribution is -2.02. The average molecular weight is 399 g/mol. The maximum Gasteiger partial charge on any atom is 0.136 e. The Hall–Kier alpha value is -2.60. The highest BCUT2D eigenvalue weighted by Crippen LogP contribution is 2.26. The van der Waals surface area contributed by atoms with Crippen LogP contribution in [0.1, 0.15) is 12.7 Å². The van der Waals surface area contributed by atoms with Crippen LogP contribution >= 0.6 is 15.9 Å². The van der Waals surface area contributed by atoms with Crippen molar-refractivity contribution in [2.45, 2.75) is 13.8 Å². The summed E-state index contributed by atoms with van der Waals surface area (Å²) in [5.41, 5.74) is 1.89. The van der Waals surface area contributed by atoms with Gasteiger partial charge in [-0.1, -0.05) is 12.1 Å². The molecule has 2 N–H and O–H groups in total. The number of hydrogen-bond donors (Lipinski definition) is 2. The fourth-order valence-corrected chi connectivity index (χ4v) is 2.73. The molecule has 25 heavy (non-hydrogen) atoms. The molecular formula is C19H19BrN4O. The minimum Gasteiger partial charge on any atom is -0.494 e. The molecule has 6 heteroatoms. The summed E-state index contributed by atoms with van der Waals surface area (Å²) in [7, 11) is 0. The lowest BCUT2D eigenvalue weighted by molar-refractivity contribution is 0.340. The smallest absolute Gasteiger partial charge is 0.136 e. The molecule has 0 radical (unpaired) electrons. The SMILES string of the molecule is CCOc1ccc(Nc2cc(Nc3ccccc3Br)nc(C)n2)cc1. The fourth-order valence-electron chi connectivity index (χ4n) is 2.35. The maximum absolute atomic E-state index is 5.46. The first-order valence-electron chi connectivity index (χ1n) is 8.01. The van der Waals surface area contributed by atoms with Crippen LogP contribution in [0.15, 0.2) is 59.1 Å². The van der Waals surface area contributed by atoms with Crippen LogP contribution in [-0.4, -0.2) is 16.6 Å². The van der Waals surface area contributed by atoms with Crippen molar-refractivity contribution in [3.8, 4) is 5.75 Å². The molecule has 1 heterocycles. The molecule has 0 fully saturated rings. The standard InChI is InChI=1S/C19H19BrN4O/c1-3-25-15-10-8-14(9-11-15)23-18-12-19(22-13(2)21-18)24-17-7-5-4-6-16(17)20/h4-12H,3H2,1-2H3,(H2,21,22,23,24). The van der Waals surface area contributed by atoms with Crippen molar-refractivity contribution in [1.82, 2.24) is 9.97 Å². The van der Waals surface area contributed by atoms with E-state index in [4.69, 9.17) is 4.74 Å². The van der Waals surface area contributed by atoms with Crippen LogP contribution in [0.5, 0.6) is 5.75 Å². The predicted octanol–water partition coefficient (Wildman–Crippen LogP) is 5.43. The summed E-state index contributed by atoms with van der Waals surface area (Å²) < 4.78 is 6.44. The first-order valence-corrected chi connectivity index (χ1v) is 8.80. The topological polar surface area (TPSA) is 59.1 Å². The molecule has 3 aromatic rings. The molecule has 0 saturated heterocycles. The van der Waals surface area contributed by atoms with Gasteiger partial charge in [0.15, 0.2) is 0 Å². The van der Waals surface area contributed by atoms with Gasteiger partial charge in [0.1, 0.15) is 23.2 Å². The zero-order valence-corrected chi connectivity index (χ0v) is 15.7. The lowest BCUT2D eigenvalue weighted by atomic mass is 10.3. The molecule has 1 aromatic heterocycles. The van der Waals surface area contributed by atoms with E-state index < -0.39 is 0 Å². The van der Waals surface area contributed by atoms with Crippen molar-refractivity contribution in [1.29, 1.82) is 0 Å². The van der Waals surface area contributed by atoms with Gasteiger partial charge in [0.2, 0.25) is 0 Å². The zero-order valence-electron chi connectivity index (χ0n) is 14.1. The third-order valence-corrected chi connectivity index (χ3v) is 4.10. The monoisotopic (exact) mass is 398 g/mol. The number of benzene rings is 2. The predicted molar refractivity (Wildman–Crippen MR) is 105 cm³/mol. The van der Waals surface area contributed by atoms with Crippen molar-refractivity contribution in [2.75, 3.05) is 17.2 Å². The van der Waals surface area contributed by atoms with E-state index in [2.05, 4.69) is 36.5 Å². The minimum absolute atomic E-state index is 0.655. The quantitative estimate of drug-likeness (QED) is 0.579. The Morgan fingerprint density at radius 1 is 0.960 bits per heavy atom. The van der Waals surface area contributed by atoms with Crippen LogP contribution in [0.4, 0.5) is 23.0 Å². The van der Waals surface area contributed by atoms with Gasteiger partial charge in [0.05, 0.1) is 12.3 Å². The number of aryl methyl sites for hydroxylation is 1. The Balaban J connectivity index is 1.78. The van der Waals surface area contributed by atoms with E-state index >= 15 is 0 Å². The molecular weight excluding hydrogens is 380 g/mol. The van der Waals surface area contributed by atoms with Crippen LogP contribution in [0.3, 0.4) is 0 Å². The molecule has 0 spiro atoms. The van der Waals surface area contributed by atoms with Crippen molar-refractivity contribution in [2.24, 2.45) is 0 Å². The van der Waals surface area contributed by atoms with Gasteiger partial charge in [-0.15, -0.1) is 0 Å². The number of ether oxygens (including phenoxy) is 1. The van der Waals surface area contributed by atoms with E-state index in [1.54, 1.807) is 0 Å². The van der Waals surface area contributed by atoms with E-state index in [0.29, 0.717) is 12.4 Å². The van der Waals surface area contributed by atoms with E-state index in [1.165, 1.54) is 0 Å². The zero-order chi connectivity index (χ0) is 17.6. The van der Waals surface area contributed by atoms with Gasteiger partial charge in [-0.25, -0.2) is 9.97 Å². The Labute approximate surface area is 155 Å². The third kappa shape index (κ3) is 4.70. The number of aromatic nitrogens is 2. The number of anilines is 4. The number of hydrogen-bond acceptors (Lipinski definition) is 5. The highest BCUT2D eigenvalue weighted by Gasteiger charge is 2.05. The minimum atomic E-state index is 0.655. The van der Waals surface area contributed by atoms with Crippen LogP contribution < -0.4 is 15.4 Å². The van der Waals surface area contributed by atoms with E-state index in [0.717, 1.165) is 33.2 Å². The van der Waals surface area contributed by atoms with E-state index in [1.807, 2.05) is 68.4 Å². The number of rotatable bonds is 6. The van der Waals surface area contributed by atoms with E-state index in [-0.39, 0.29) is 0 Å². The van der Waals surface area contributed by atoms with Crippen LogP contribution in [0.25, 0.3) is 0 Å². The third-order valence-electron chi connectivity index (χ3n) is 3.41. The molecule has 128 valence electrons. The summed E-state index contributed by atoms with van der Waals surface area (Å²) in [6.45, 7) is 4.49. The summed E-state index contributed by atoms with van der Waals surface area (Å²) in [4.78, 5) is 8.89. The molecule has 0 aliphatic heterocycles. The molecule has 0 aliphatic rings. The highest BCUT2D eigenvalue weighted by molar-refractivity contribution is 9.10. The van der Waals surface area contributed by atoms with Crippen LogP contribution in [-0.2, 0) is 0 Å². The Bertz CT molecular complexity index is 852. The molecule has 0 bridgehead atoms. The van der Waals surface area contributed by atoms with Crippen molar-refractivity contribution >= 4 is 38.9 Å². The highest BCUT2D eigenvalue weighted by atomic mass is 79.9. The lowest BCUT2D eigenvalue weighted by Gasteiger charge is -2.11. The molecule has 0 unspecified atom stereocenters. The summed E-state index contributed by atoms with van der Waals surface area (Å²) in [6, 6.07) is 17.6. The fraction of sp³-hybridized carbons (Fsp3) is 0.158. The second kappa shape index (κ2) is 7.98. The van der Waals surface area contributed by atoms with Gasteiger partial charge in [0, 0.05) is 16.2 Å². The van der Waals surface area contributed by atoms with Gasteiger partial charge in [-0.05, 0) is 66.2 Å². The summed E-state index contributed by atoms with van der Waals surface area (Å²) in [5.74, 6) is 2.99. The number of para-hydroxylation sites is 1. The maximum atomic E-state index is 5.46. The van der Waals surface area contributed by atoms with Gasteiger partial charge >= 0.3 is 0 Å². The number of halogens is 1. The summed E-state index contributed by atoms with van der Waals surface area (Å²) >= 11 is 3.53. The van der Waals surface area contributed by atoms with Crippen LogP contribution in [0.2, 0.25) is 0 Å². The van der Waals surface area contributed by atoms with Gasteiger partial charge in [-0.3, -0.25) is 0 Å². The molecule has 0 amide bonds. The van der Waals surface area contributed by atoms with Gasteiger partial charge in [-0.2, -0.15) is 0 Å². The second-order valence-corrected chi connectivity index (χ2v) is 6.23. The number of nitrogens with zero attached hydrogens (tertiary/aromatic N) is 2. The Morgan fingerprint density at radius 2 is 1.64 bits per heavy atom. The van der Waals surface area contributed by atoms with Crippen molar-refractivity contribution in [3.63, 3.8) is 0 Å². The molecule has 3 rings (SSSR count). The molecule has 5 nitrogen and oxygen atoms in total. The normalized spacial score (nSPS) is 10.4. The first kappa shape index (κ1) is 17.2. The average Bonchev–Trinajstić information content (AvgIpc) is 2.58. The van der Waals surface area contributed by atoms with Crippen LogP contribution in [0, 0.1) is 6.92 Å². The van der Waals surface area contributed by atoms with Crippen molar-refractivity contribution < 1.29 is 4.74 Å². The largest absolute Gasteiger partial charge is 0.494 e. The number of nitrogens with one attached hydrogen (secondary N) is 2. The molecule has 0 atom stereocenters. The summed E-state index contributed by atoms with van der Waals surface area (Å²) in [5, 5.41) is 6.60. The summed E-state index contributed by atoms with van der Waals surface area (Å²) in [6.07, 6.45) is 0.